The van der Waals surface area contributed by atoms with Gasteiger partial charge in [-0.25, -0.2) is 0 Å². The molecule has 0 saturated heterocycles. The first-order valence-electron chi connectivity index (χ1n) is 18.7. The van der Waals surface area contributed by atoms with E-state index in [2.05, 4.69) is 196 Å². The Balaban J connectivity index is 1.02. The Hall–Kier alpha value is -6.50. The normalized spacial score (nSPS) is 13.2. The van der Waals surface area contributed by atoms with Crippen LogP contribution in [0.3, 0.4) is 0 Å². The summed E-state index contributed by atoms with van der Waals surface area (Å²) in [7, 11) is 0. The van der Waals surface area contributed by atoms with Crippen molar-refractivity contribution in [3.05, 3.63) is 193 Å². The molecule has 0 heteroatoms. The van der Waals surface area contributed by atoms with E-state index >= 15 is 0 Å². The van der Waals surface area contributed by atoms with Crippen LogP contribution in [0.15, 0.2) is 182 Å². The Morgan fingerprint density at radius 2 is 0.774 bits per heavy atom. The number of benzene rings is 10. The lowest BCUT2D eigenvalue weighted by atomic mass is 9.78. The first-order chi connectivity index (χ1) is 26.0. The minimum atomic E-state index is -0.134. The number of hydrogen-bond acceptors (Lipinski definition) is 0. The van der Waals surface area contributed by atoms with Crippen molar-refractivity contribution in [2.75, 3.05) is 0 Å². The SMILES string of the molecule is CC1(C)c2ccc(-c3cccc(-c4cccc(-c5ccc6ccc7ccccc7c6c5)c4)c3)cc2-c2ccc3c4ccccc4c4ccccc4c3c21. The molecule has 11 rings (SSSR count). The van der Waals surface area contributed by atoms with Crippen molar-refractivity contribution in [2.24, 2.45) is 0 Å². The Morgan fingerprint density at radius 1 is 0.302 bits per heavy atom. The Labute approximate surface area is 309 Å². The van der Waals surface area contributed by atoms with Crippen LogP contribution in [0.1, 0.15) is 25.0 Å². The molecule has 0 aliphatic heterocycles. The van der Waals surface area contributed by atoms with Crippen molar-refractivity contribution in [3.8, 4) is 44.5 Å². The van der Waals surface area contributed by atoms with E-state index in [1.54, 1.807) is 0 Å². The smallest absolute Gasteiger partial charge is 0.0165 e. The fraction of sp³-hybridized carbons (Fsp3) is 0.0566. The summed E-state index contributed by atoms with van der Waals surface area (Å²) < 4.78 is 0. The van der Waals surface area contributed by atoms with E-state index in [1.807, 2.05) is 0 Å². The van der Waals surface area contributed by atoms with Crippen LogP contribution >= 0.6 is 0 Å². The van der Waals surface area contributed by atoms with Gasteiger partial charge in [-0.05, 0) is 134 Å². The fourth-order valence-electron chi connectivity index (χ4n) is 9.43. The monoisotopic (exact) mass is 672 g/mol. The molecule has 0 aromatic heterocycles. The first kappa shape index (κ1) is 30.2. The molecule has 53 heavy (non-hydrogen) atoms. The molecule has 10 aromatic rings. The average molecular weight is 673 g/mol. The highest BCUT2D eigenvalue weighted by Crippen LogP contribution is 2.54. The van der Waals surface area contributed by atoms with E-state index in [9.17, 15) is 0 Å². The zero-order chi connectivity index (χ0) is 35.3. The third-order valence-corrected chi connectivity index (χ3v) is 12.0. The molecule has 0 radical (unpaired) electrons. The molecular weight excluding hydrogens is 637 g/mol. The van der Waals surface area contributed by atoms with Crippen molar-refractivity contribution in [2.45, 2.75) is 19.3 Å². The summed E-state index contributed by atoms with van der Waals surface area (Å²) in [5.41, 5.74) is 12.8. The molecule has 0 fully saturated rings. The molecule has 0 amide bonds. The molecule has 0 bridgehead atoms. The van der Waals surface area contributed by atoms with Crippen LogP contribution in [0, 0.1) is 0 Å². The van der Waals surface area contributed by atoms with Crippen LogP contribution < -0.4 is 0 Å². The highest BCUT2D eigenvalue weighted by Gasteiger charge is 2.37. The minimum Gasteiger partial charge on any atom is -0.0616 e. The van der Waals surface area contributed by atoms with Crippen LogP contribution in [-0.2, 0) is 5.41 Å². The summed E-state index contributed by atoms with van der Waals surface area (Å²) in [6.07, 6.45) is 0. The van der Waals surface area contributed by atoms with Crippen molar-refractivity contribution < 1.29 is 0 Å². The van der Waals surface area contributed by atoms with Crippen LogP contribution in [-0.4, -0.2) is 0 Å². The second-order valence-electron chi connectivity index (χ2n) is 15.3. The van der Waals surface area contributed by atoms with Gasteiger partial charge in [0.15, 0.2) is 0 Å². The first-order valence-corrected chi connectivity index (χ1v) is 18.7. The summed E-state index contributed by atoms with van der Waals surface area (Å²) in [6.45, 7) is 4.82. The topological polar surface area (TPSA) is 0 Å². The van der Waals surface area contributed by atoms with E-state index in [0.29, 0.717) is 0 Å². The molecule has 0 N–H and O–H groups in total. The molecule has 248 valence electrons. The lowest BCUT2D eigenvalue weighted by Crippen LogP contribution is -2.15. The third-order valence-electron chi connectivity index (χ3n) is 12.0. The molecule has 1 aliphatic rings. The van der Waals surface area contributed by atoms with Gasteiger partial charge in [-0.15, -0.1) is 0 Å². The van der Waals surface area contributed by atoms with Gasteiger partial charge in [0, 0.05) is 5.41 Å². The zero-order valence-electron chi connectivity index (χ0n) is 29.8. The number of hydrogen-bond donors (Lipinski definition) is 0. The van der Waals surface area contributed by atoms with Crippen molar-refractivity contribution in [1.29, 1.82) is 0 Å². The number of rotatable bonds is 3. The molecule has 0 atom stereocenters. The highest BCUT2D eigenvalue weighted by molar-refractivity contribution is 6.27. The van der Waals surface area contributed by atoms with Gasteiger partial charge in [0.2, 0.25) is 0 Å². The number of fused-ring (bicyclic) bond motifs is 13. The van der Waals surface area contributed by atoms with Crippen LogP contribution in [0.4, 0.5) is 0 Å². The lowest BCUT2D eigenvalue weighted by Gasteiger charge is -2.24. The second-order valence-corrected chi connectivity index (χ2v) is 15.3. The van der Waals surface area contributed by atoms with Crippen LogP contribution in [0.5, 0.6) is 0 Å². The van der Waals surface area contributed by atoms with E-state index in [4.69, 9.17) is 0 Å². The summed E-state index contributed by atoms with van der Waals surface area (Å²) in [5, 5.41) is 13.2. The molecule has 0 spiro atoms. The van der Waals surface area contributed by atoms with Gasteiger partial charge in [0.25, 0.3) is 0 Å². The van der Waals surface area contributed by atoms with Gasteiger partial charge in [0.05, 0.1) is 0 Å². The van der Waals surface area contributed by atoms with E-state index in [-0.39, 0.29) is 5.41 Å². The predicted octanol–water partition coefficient (Wildman–Crippen LogP) is 14.8. The van der Waals surface area contributed by atoms with Crippen LogP contribution in [0.25, 0.3) is 98.4 Å². The second kappa shape index (κ2) is 11.2. The van der Waals surface area contributed by atoms with Gasteiger partial charge >= 0.3 is 0 Å². The van der Waals surface area contributed by atoms with Crippen molar-refractivity contribution >= 4 is 53.9 Å². The zero-order valence-corrected chi connectivity index (χ0v) is 29.8. The maximum Gasteiger partial charge on any atom is 0.0165 e. The Morgan fingerprint density at radius 3 is 1.43 bits per heavy atom. The molecule has 10 aromatic carbocycles. The largest absolute Gasteiger partial charge is 0.0616 e. The molecule has 0 saturated carbocycles. The third kappa shape index (κ3) is 4.49. The van der Waals surface area contributed by atoms with Gasteiger partial charge in [0.1, 0.15) is 0 Å². The van der Waals surface area contributed by atoms with Gasteiger partial charge < -0.3 is 0 Å². The maximum atomic E-state index is 2.44. The lowest BCUT2D eigenvalue weighted by molar-refractivity contribution is 0.667. The highest BCUT2D eigenvalue weighted by atomic mass is 14.4. The quantitative estimate of drug-likeness (QED) is 0.164. The van der Waals surface area contributed by atoms with Crippen molar-refractivity contribution in [3.63, 3.8) is 0 Å². The van der Waals surface area contributed by atoms with Crippen molar-refractivity contribution in [1.82, 2.24) is 0 Å². The van der Waals surface area contributed by atoms with E-state index < -0.39 is 0 Å². The molecule has 0 unspecified atom stereocenters. The predicted molar refractivity (Wildman–Crippen MR) is 228 cm³/mol. The molecule has 0 heterocycles. The van der Waals surface area contributed by atoms with Gasteiger partial charge in [-0.1, -0.05) is 172 Å². The van der Waals surface area contributed by atoms with Gasteiger partial charge in [-0.2, -0.15) is 0 Å². The summed E-state index contributed by atoms with van der Waals surface area (Å²) in [6, 6.07) is 67.8. The fourth-order valence-corrected chi connectivity index (χ4v) is 9.43. The van der Waals surface area contributed by atoms with E-state index in [0.717, 1.165) is 0 Å². The average Bonchev–Trinajstić information content (AvgIpc) is 3.46. The van der Waals surface area contributed by atoms with E-state index in [1.165, 1.54) is 109 Å². The summed E-state index contributed by atoms with van der Waals surface area (Å²) >= 11 is 0. The Bertz CT molecular complexity index is 3100. The molecule has 0 nitrogen and oxygen atoms in total. The summed E-state index contributed by atoms with van der Waals surface area (Å²) in [5.74, 6) is 0. The van der Waals surface area contributed by atoms with Gasteiger partial charge in [-0.3, -0.25) is 0 Å². The molecule has 1 aliphatic carbocycles. The maximum absolute atomic E-state index is 2.44. The minimum absolute atomic E-state index is 0.134. The van der Waals surface area contributed by atoms with Crippen LogP contribution in [0.2, 0.25) is 0 Å². The standard InChI is InChI=1S/C53H36/c1-53(2)50-28-25-40(32-49(50)47-27-26-46-44-19-6-5-17-42(44)43-18-7-8-20-45(43)51(46)52(47)53)38-15-10-13-36(30-38)35-12-9-14-37(29-35)39-24-23-34-22-21-33-11-3-4-16-41(33)48(34)31-39/h3-32H,1-2H3. The Kier molecular flexibility index (Phi) is 6.40. The molecular formula is C53H36. The summed E-state index contributed by atoms with van der Waals surface area (Å²) in [4.78, 5) is 0.